The van der Waals surface area contributed by atoms with Crippen molar-refractivity contribution in [3.63, 3.8) is 0 Å². The first-order chi connectivity index (χ1) is 14.1. The van der Waals surface area contributed by atoms with Gasteiger partial charge < -0.3 is 14.9 Å². The summed E-state index contributed by atoms with van der Waals surface area (Å²) in [6.07, 6.45) is 9.07. The molecule has 4 nitrogen and oxygen atoms in total. The number of allylic oxidation sites excluding steroid dienone is 1. The van der Waals surface area contributed by atoms with Crippen LogP contribution < -0.4 is 0 Å². The van der Waals surface area contributed by atoms with E-state index in [1.165, 1.54) is 5.57 Å². The Bertz CT molecular complexity index is 651. The van der Waals surface area contributed by atoms with Gasteiger partial charge in [-0.25, -0.2) is 0 Å². The number of hydrogen-bond acceptors (Lipinski definition) is 4. The molecule has 0 heterocycles. The van der Waals surface area contributed by atoms with Crippen LogP contribution in [0.5, 0.6) is 0 Å². The highest BCUT2D eigenvalue weighted by Crippen LogP contribution is 2.50. The Kier molecular flexibility index (Phi) is 9.63. The topological polar surface area (TPSA) is 52.9 Å². The third-order valence-corrected chi connectivity index (χ3v) is 7.03. The van der Waals surface area contributed by atoms with Crippen LogP contribution in [0.4, 0.5) is 0 Å². The van der Waals surface area contributed by atoms with Crippen LogP contribution in [-0.4, -0.2) is 59.7 Å². The minimum absolute atomic E-state index is 0.108. The molecule has 2 aliphatic rings. The molecule has 4 heteroatoms. The van der Waals surface area contributed by atoms with E-state index < -0.39 is 6.10 Å². The molecule has 0 spiro atoms. The predicted molar refractivity (Wildman–Crippen MR) is 124 cm³/mol. The quantitative estimate of drug-likeness (QED) is 0.338. The summed E-state index contributed by atoms with van der Waals surface area (Å²) in [5.41, 5.74) is 1.63. The number of nitrogens with zero attached hydrogens (tertiary/aromatic N) is 1. The van der Waals surface area contributed by atoms with Gasteiger partial charge in [-0.2, -0.15) is 0 Å². The van der Waals surface area contributed by atoms with E-state index in [2.05, 4.69) is 56.7 Å². The van der Waals surface area contributed by atoms with Crippen LogP contribution in [0.15, 0.2) is 23.8 Å². The fourth-order valence-electron chi connectivity index (χ4n) is 4.55. The highest BCUT2D eigenvalue weighted by Gasteiger charge is 2.45. The molecular weight excluding hydrogens is 374 g/mol. The average molecular weight is 418 g/mol. The molecular formula is C26H43NO3. The molecule has 0 aliphatic heterocycles. The van der Waals surface area contributed by atoms with Gasteiger partial charge in [0.1, 0.15) is 0 Å². The van der Waals surface area contributed by atoms with E-state index in [1.54, 1.807) is 0 Å². The molecule has 0 amide bonds. The summed E-state index contributed by atoms with van der Waals surface area (Å²) in [4.78, 5) is 2.31. The van der Waals surface area contributed by atoms with E-state index in [9.17, 15) is 10.2 Å². The highest BCUT2D eigenvalue weighted by molar-refractivity contribution is 5.18. The number of hydrogen-bond donors (Lipinski definition) is 2. The first kappa shape index (κ1) is 25.1. The Labute approximate surface area is 184 Å². The standard InChI is InChI=1S/C26H43NO3/c1-7-8-9-19(2)24(28)11-10-22-23-17-20(16-21(23)18-25(22)29)12-14-30-15-13-27(6)26(3,4)5/h10-12,19,21-25,28-29H,9,13-18H2,1-6H3/t19-,21+,22-,23+,24-,25-/m1/s1. The monoisotopic (exact) mass is 417 g/mol. The van der Waals surface area contributed by atoms with E-state index >= 15 is 0 Å². The normalized spacial score (nSPS) is 30.0. The van der Waals surface area contributed by atoms with Gasteiger partial charge in [-0.15, -0.1) is 11.8 Å². The maximum atomic E-state index is 10.5. The molecule has 2 N–H and O–H groups in total. The Balaban J connectivity index is 1.81. The first-order valence-corrected chi connectivity index (χ1v) is 11.5. The van der Waals surface area contributed by atoms with Gasteiger partial charge in [-0.05, 0) is 71.8 Å². The second-order valence-electron chi connectivity index (χ2n) is 10.2. The van der Waals surface area contributed by atoms with Gasteiger partial charge in [0, 0.05) is 24.4 Å². The lowest BCUT2D eigenvalue weighted by atomic mass is 9.89. The lowest BCUT2D eigenvalue weighted by Gasteiger charge is -2.31. The van der Waals surface area contributed by atoms with Crippen LogP contribution in [0.25, 0.3) is 0 Å². The Morgan fingerprint density at radius 2 is 2.03 bits per heavy atom. The van der Waals surface area contributed by atoms with Crippen LogP contribution in [0, 0.1) is 35.5 Å². The summed E-state index contributed by atoms with van der Waals surface area (Å²) in [6, 6.07) is 0. The van der Waals surface area contributed by atoms with E-state index in [0.29, 0.717) is 24.9 Å². The molecule has 0 aromatic rings. The third-order valence-electron chi connectivity index (χ3n) is 7.03. The Morgan fingerprint density at radius 1 is 1.30 bits per heavy atom. The van der Waals surface area contributed by atoms with Crippen molar-refractivity contribution in [1.82, 2.24) is 4.90 Å². The highest BCUT2D eigenvalue weighted by atomic mass is 16.5. The van der Waals surface area contributed by atoms with Gasteiger partial charge in [0.05, 0.1) is 25.4 Å². The largest absolute Gasteiger partial charge is 0.392 e. The fraction of sp³-hybridized carbons (Fsp3) is 0.769. The molecule has 170 valence electrons. The summed E-state index contributed by atoms with van der Waals surface area (Å²) in [5.74, 6) is 7.20. The van der Waals surface area contributed by atoms with Crippen LogP contribution in [-0.2, 0) is 4.74 Å². The number of fused-ring (bicyclic) bond motifs is 1. The summed E-state index contributed by atoms with van der Waals surface area (Å²) in [5, 5.41) is 20.9. The smallest absolute Gasteiger partial charge is 0.0755 e. The molecule has 2 rings (SSSR count). The molecule has 2 aliphatic carbocycles. The average Bonchev–Trinajstić information content (AvgIpc) is 3.19. The first-order valence-electron chi connectivity index (χ1n) is 11.5. The SMILES string of the molecule is CC#CC[C@@H](C)[C@H](O)C=C[C@@H]1[C@H]2CC(=CCOCCN(C)C(C)(C)C)C[C@H]2C[C@H]1O. The van der Waals surface area contributed by atoms with Gasteiger partial charge in [0.15, 0.2) is 0 Å². The Morgan fingerprint density at radius 3 is 2.70 bits per heavy atom. The zero-order valence-corrected chi connectivity index (χ0v) is 19.9. The molecule has 0 aromatic carbocycles. The molecule has 2 fully saturated rings. The van der Waals surface area contributed by atoms with Crippen LogP contribution in [0.2, 0.25) is 0 Å². The molecule has 6 atom stereocenters. The van der Waals surface area contributed by atoms with E-state index in [-0.39, 0.29) is 23.5 Å². The number of ether oxygens (including phenoxy) is 1. The number of aliphatic hydroxyl groups excluding tert-OH is 2. The van der Waals surface area contributed by atoms with Crippen LogP contribution in [0.1, 0.15) is 60.3 Å². The molecule has 0 radical (unpaired) electrons. The zero-order chi connectivity index (χ0) is 22.3. The second-order valence-corrected chi connectivity index (χ2v) is 10.2. The summed E-state index contributed by atoms with van der Waals surface area (Å²) >= 11 is 0. The van der Waals surface area contributed by atoms with Gasteiger partial charge in [-0.1, -0.05) is 30.7 Å². The summed E-state index contributed by atoms with van der Waals surface area (Å²) in [6.45, 7) is 12.8. The van der Waals surface area contributed by atoms with Gasteiger partial charge in [-0.3, -0.25) is 4.90 Å². The van der Waals surface area contributed by atoms with Gasteiger partial charge in [0.25, 0.3) is 0 Å². The molecule has 0 bridgehead atoms. The van der Waals surface area contributed by atoms with Crippen molar-refractivity contribution in [2.45, 2.75) is 78.0 Å². The predicted octanol–water partition coefficient (Wildman–Crippen LogP) is 4.03. The van der Waals surface area contributed by atoms with Crippen LogP contribution in [0.3, 0.4) is 0 Å². The van der Waals surface area contributed by atoms with Crippen molar-refractivity contribution in [3.05, 3.63) is 23.8 Å². The number of likely N-dealkylation sites (N-methyl/N-ethyl adjacent to an activating group) is 1. The van der Waals surface area contributed by atoms with Crippen molar-refractivity contribution >= 4 is 0 Å². The van der Waals surface area contributed by atoms with Crippen molar-refractivity contribution in [2.75, 3.05) is 26.8 Å². The van der Waals surface area contributed by atoms with Crippen molar-refractivity contribution in [3.8, 4) is 11.8 Å². The lowest BCUT2D eigenvalue weighted by Crippen LogP contribution is -2.40. The summed E-state index contributed by atoms with van der Waals surface area (Å²) < 4.78 is 5.84. The lowest BCUT2D eigenvalue weighted by molar-refractivity contribution is 0.0946. The van der Waals surface area contributed by atoms with Gasteiger partial charge in [0.2, 0.25) is 0 Å². The van der Waals surface area contributed by atoms with Crippen LogP contribution >= 0.6 is 0 Å². The van der Waals surface area contributed by atoms with Gasteiger partial charge >= 0.3 is 0 Å². The maximum Gasteiger partial charge on any atom is 0.0755 e. The molecule has 0 saturated heterocycles. The number of rotatable bonds is 9. The zero-order valence-electron chi connectivity index (χ0n) is 19.9. The van der Waals surface area contributed by atoms with E-state index in [1.807, 2.05) is 19.9 Å². The minimum atomic E-state index is -0.506. The summed E-state index contributed by atoms with van der Waals surface area (Å²) in [7, 11) is 2.13. The fourth-order valence-corrected chi connectivity index (χ4v) is 4.55. The second kappa shape index (κ2) is 11.5. The minimum Gasteiger partial charge on any atom is -0.392 e. The van der Waals surface area contributed by atoms with Crippen molar-refractivity contribution in [1.29, 1.82) is 0 Å². The Hall–Kier alpha value is -1.12. The molecule has 2 saturated carbocycles. The third kappa shape index (κ3) is 7.24. The van der Waals surface area contributed by atoms with Crippen molar-refractivity contribution in [2.24, 2.45) is 23.7 Å². The molecule has 30 heavy (non-hydrogen) atoms. The van der Waals surface area contributed by atoms with Crippen molar-refractivity contribution < 1.29 is 14.9 Å². The molecule has 0 aromatic heterocycles. The van der Waals surface area contributed by atoms with E-state index in [0.717, 1.165) is 32.4 Å². The van der Waals surface area contributed by atoms with E-state index in [4.69, 9.17) is 4.74 Å². The number of aliphatic hydroxyl groups is 2. The molecule has 0 unspecified atom stereocenters. The maximum absolute atomic E-state index is 10.5.